The van der Waals surface area contributed by atoms with Crippen molar-refractivity contribution in [2.45, 2.75) is 52.9 Å². The van der Waals surface area contributed by atoms with Crippen molar-refractivity contribution in [3.63, 3.8) is 0 Å². The van der Waals surface area contributed by atoms with Gasteiger partial charge in [-0.1, -0.05) is 13.3 Å². The van der Waals surface area contributed by atoms with Crippen LogP contribution in [0.3, 0.4) is 0 Å². The number of carboxylic acids is 1. The molecule has 1 rings (SSSR count). The fourth-order valence-electron chi connectivity index (χ4n) is 2.29. The van der Waals surface area contributed by atoms with Gasteiger partial charge in [0, 0.05) is 13.0 Å². The number of amides is 3. The van der Waals surface area contributed by atoms with Gasteiger partial charge in [-0.15, -0.1) is 0 Å². The van der Waals surface area contributed by atoms with Gasteiger partial charge in [-0.25, -0.2) is 4.79 Å². The summed E-state index contributed by atoms with van der Waals surface area (Å²) in [6.45, 7) is 5.56. The van der Waals surface area contributed by atoms with Gasteiger partial charge in [0.1, 0.15) is 0 Å². The van der Waals surface area contributed by atoms with Crippen LogP contribution in [0.1, 0.15) is 52.9 Å². The van der Waals surface area contributed by atoms with Gasteiger partial charge >= 0.3 is 12.0 Å². The van der Waals surface area contributed by atoms with Crippen LogP contribution in [-0.2, 0) is 9.59 Å². The average molecular weight is 284 g/mol. The molecule has 0 atom stereocenters. The highest BCUT2D eigenvalue weighted by atomic mass is 16.4. The van der Waals surface area contributed by atoms with Crippen molar-refractivity contribution in [3.8, 4) is 0 Å². The number of carboxylic acid groups (broad SMARTS) is 1. The van der Waals surface area contributed by atoms with Crippen molar-refractivity contribution >= 4 is 17.9 Å². The highest BCUT2D eigenvalue weighted by Crippen LogP contribution is 2.42. The number of urea groups is 1. The SMILES string of the molecule is CCC1(CNC(=O)NC(=O)CC(C)(C)C(=O)O)CCC1. The molecule has 0 bridgehead atoms. The van der Waals surface area contributed by atoms with Gasteiger partial charge in [0.25, 0.3) is 0 Å². The molecule has 0 spiro atoms. The number of rotatable bonds is 6. The largest absolute Gasteiger partial charge is 0.481 e. The number of carbonyl (C=O) groups is 3. The normalized spacial score (nSPS) is 16.9. The molecule has 0 unspecified atom stereocenters. The minimum Gasteiger partial charge on any atom is -0.481 e. The molecule has 1 aliphatic carbocycles. The minimum absolute atomic E-state index is 0.181. The number of imide groups is 1. The number of aliphatic carboxylic acids is 1. The molecular weight excluding hydrogens is 260 g/mol. The van der Waals surface area contributed by atoms with Crippen LogP contribution >= 0.6 is 0 Å². The van der Waals surface area contributed by atoms with E-state index < -0.39 is 23.3 Å². The summed E-state index contributed by atoms with van der Waals surface area (Å²) in [5, 5.41) is 13.8. The lowest BCUT2D eigenvalue weighted by Crippen LogP contribution is -2.47. The van der Waals surface area contributed by atoms with E-state index in [0.717, 1.165) is 19.3 Å². The molecule has 0 radical (unpaired) electrons. The second-order valence-electron chi connectivity index (χ2n) is 6.30. The Labute approximate surface area is 119 Å². The summed E-state index contributed by atoms with van der Waals surface area (Å²) in [7, 11) is 0. The van der Waals surface area contributed by atoms with E-state index in [1.54, 1.807) is 0 Å². The molecule has 0 aliphatic heterocycles. The second kappa shape index (κ2) is 6.24. The first-order valence-electron chi connectivity index (χ1n) is 7.02. The van der Waals surface area contributed by atoms with E-state index in [1.165, 1.54) is 20.3 Å². The first-order chi connectivity index (χ1) is 9.21. The van der Waals surface area contributed by atoms with Crippen molar-refractivity contribution < 1.29 is 19.5 Å². The lowest BCUT2D eigenvalue weighted by Gasteiger charge is -2.41. The van der Waals surface area contributed by atoms with E-state index >= 15 is 0 Å². The van der Waals surface area contributed by atoms with Crippen LogP contribution in [0.15, 0.2) is 0 Å². The number of hydrogen-bond acceptors (Lipinski definition) is 3. The summed E-state index contributed by atoms with van der Waals surface area (Å²) in [4.78, 5) is 34.1. The minimum atomic E-state index is -1.18. The van der Waals surface area contributed by atoms with Crippen molar-refractivity contribution in [1.82, 2.24) is 10.6 Å². The predicted octanol–water partition coefficient (Wildman–Crippen LogP) is 1.89. The Morgan fingerprint density at radius 2 is 1.85 bits per heavy atom. The van der Waals surface area contributed by atoms with E-state index in [9.17, 15) is 14.4 Å². The third-order valence-electron chi connectivity index (χ3n) is 4.22. The summed E-state index contributed by atoms with van der Waals surface area (Å²) < 4.78 is 0. The lowest BCUT2D eigenvalue weighted by atomic mass is 9.67. The molecule has 3 amide bonds. The summed E-state index contributed by atoms with van der Waals surface area (Å²) in [6.07, 6.45) is 4.17. The van der Waals surface area contributed by atoms with Crippen LogP contribution in [-0.4, -0.2) is 29.6 Å². The van der Waals surface area contributed by atoms with Gasteiger partial charge in [-0.2, -0.15) is 0 Å². The number of hydrogen-bond donors (Lipinski definition) is 3. The molecule has 3 N–H and O–H groups in total. The average Bonchev–Trinajstić information content (AvgIpc) is 2.26. The Hall–Kier alpha value is -1.59. The topological polar surface area (TPSA) is 95.5 Å². The van der Waals surface area contributed by atoms with Crippen LogP contribution in [0.4, 0.5) is 4.79 Å². The zero-order valence-electron chi connectivity index (χ0n) is 12.4. The van der Waals surface area contributed by atoms with Gasteiger partial charge in [0.15, 0.2) is 0 Å². The molecule has 20 heavy (non-hydrogen) atoms. The Morgan fingerprint density at radius 3 is 2.25 bits per heavy atom. The molecule has 114 valence electrons. The maximum Gasteiger partial charge on any atom is 0.321 e. The van der Waals surface area contributed by atoms with E-state index in [-0.39, 0.29) is 11.8 Å². The maximum absolute atomic E-state index is 11.6. The van der Waals surface area contributed by atoms with E-state index in [1.807, 2.05) is 0 Å². The Bertz CT molecular complexity index is 394. The molecule has 1 aliphatic rings. The molecule has 0 aromatic carbocycles. The van der Waals surface area contributed by atoms with Crippen LogP contribution in [0.25, 0.3) is 0 Å². The molecule has 6 heteroatoms. The Morgan fingerprint density at radius 1 is 1.25 bits per heavy atom. The molecule has 6 nitrogen and oxygen atoms in total. The zero-order chi connectivity index (χ0) is 15.4. The molecular formula is C14H24N2O4. The van der Waals surface area contributed by atoms with E-state index in [2.05, 4.69) is 17.6 Å². The molecule has 1 saturated carbocycles. The molecule has 0 aromatic rings. The lowest BCUT2D eigenvalue weighted by molar-refractivity contribution is -0.149. The molecule has 1 fully saturated rings. The van der Waals surface area contributed by atoms with Crippen LogP contribution < -0.4 is 10.6 Å². The summed E-state index contributed by atoms with van der Waals surface area (Å²) >= 11 is 0. The fraction of sp³-hybridized carbons (Fsp3) is 0.786. The van der Waals surface area contributed by atoms with E-state index in [4.69, 9.17) is 5.11 Å². The summed E-state index contributed by atoms with van der Waals surface area (Å²) in [5.74, 6) is -1.64. The van der Waals surface area contributed by atoms with Crippen LogP contribution in [0.5, 0.6) is 0 Å². The second-order valence-corrected chi connectivity index (χ2v) is 6.30. The predicted molar refractivity (Wildman–Crippen MR) is 74.2 cm³/mol. The summed E-state index contributed by atoms with van der Waals surface area (Å²) in [5.41, 5.74) is -0.996. The first kappa shape index (κ1) is 16.5. The smallest absolute Gasteiger partial charge is 0.321 e. The van der Waals surface area contributed by atoms with Crippen molar-refractivity contribution in [1.29, 1.82) is 0 Å². The van der Waals surface area contributed by atoms with Gasteiger partial charge in [0.05, 0.1) is 5.41 Å². The quantitative estimate of drug-likeness (QED) is 0.694. The van der Waals surface area contributed by atoms with Crippen molar-refractivity contribution in [3.05, 3.63) is 0 Å². The van der Waals surface area contributed by atoms with Gasteiger partial charge in [-0.3, -0.25) is 14.9 Å². The third-order valence-corrected chi connectivity index (χ3v) is 4.22. The monoisotopic (exact) mass is 284 g/mol. The summed E-state index contributed by atoms with van der Waals surface area (Å²) in [6, 6.07) is -0.545. The van der Waals surface area contributed by atoms with Crippen LogP contribution in [0.2, 0.25) is 0 Å². The van der Waals surface area contributed by atoms with Gasteiger partial charge in [0.2, 0.25) is 5.91 Å². The highest BCUT2D eigenvalue weighted by Gasteiger charge is 2.35. The first-order valence-corrected chi connectivity index (χ1v) is 7.02. The molecule has 0 saturated heterocycles. The van der Waals surface area contributed by atoms with Gasteiger partial charge < -0.3 is 10.4 Å². The van der Waals surface area contributed by atoms with E-state index in [0.29, 0.717) is 6.54 Å². The standard InChI is InChI=1S/C14H24N2O4/c1-4-14(6-5-7-14)9-15-12(20)16-10(17)8-13(2,3)11(18)19/h4-9H2,1-3H3,(H,18,19)(H2,15,16,17,20). The molecule has 0 heterocycles. The van der Waals surface area contributed by atoms with Crippen molar-refractivity contribution in [2.75, 3.05) is 6.54 Å². The molecule has 0 aromatic heterocycles. The number of nitrogens with one attached hydrogen (secondary N) is 2. The fourth-order valence-corrected chi connectivity index (χ4v) is 2.29. The van der Waals surface area contributed by atoms with Gasteiger partial charge in [-0.05, 0) is 38.5 Å². The third kappa shape index (κ3) is 4.21. The zero-order valence-corrected chi connectivity index (χ0v) is 12.4. The highest BCUT2D eigenvalue weighted by molar-refractivity contribution is 5.96. The Balaban J connectivity index is 2.35. The Kier molecular flexibility index (Phi) is 5.14. The van der Waals surface area contributed by atoms with Crippen LogP contribution in [0, 0.1) is 10.8 Å². The van der Waals surface area contributed by atoms with Crippen molar-refractivity contribution in [2.24, 2.45) is 10.8 Å². The number of carbonyl (C=O) groups excluding carboxylic acids is 2. The maximum atomic E-state index is 11.6.